The van der Waals surface area contributed by atoms with E-state index in [1.54, 1.807) is 179 Å². The summed E-state index contributed by atoms with van der Waals surface area (Å²) < 4.78 is 5.35. The Morgan fingerprint density at radius 2 is 0.944 bits per heavy atom. The predicted molar refractivity (Wildman–Crippen MR) is 545 cm³/mol. The molecule has 2 fully saturated rings. The van der Waals surface area contributed by atoms with Gasteiger partial charge < -0.3 is 108 Å². The number of aliphatic hydroxyl groups is 3. The lowest BCUT2D eigenvalue weighted by molar-refractivity contribution is -0.157. The van der Waals surface area contributed by atoms with Crippen LogP contribution in [0.25, 0.3) is 0 Å². The van der Waals surface area contributed by atoms with Crippen molar-refractivity contribution in [3.8, 4) is 0 Å². The Labute approximate surface area is 851 Å². The lowest BCUT2D eigenvalue weighted by Gasteiger charge is -2.41. The van der Waals surface area contributed by atoms with Gasteiger partial charge in [0, 0.05) is 68.8 Å². The summed E-state index contributed by atoms with van der Waals surface area (Å²) in [5, 5.41) is 60.5. The molecular formula is C105H168N18O21. The minimum absolute atomic E-state index is 0.00955. The van der Waals surface area contributed by atoms with Gasteiger partial charge in [0.05, 0.1) is 37.3 Å². The topological polar surface area (TPSA) is 520 Å². The van der Waals surface area contributed by atoms with Crippen LogP contribution in [0.2, 0.25) is 0 Å². The van der Waals surface area contributed by atoms with Crippen LogP contribution in [0.4, 0.5) is 4.79 Å². The number of hydrogen-bond donors (Lipinski definition) is 13. The first kappa shape index (κ1) is 123. The van der Waals surface area contributed by atoms with E-state index in [4.69, 9.17) is 10.5 Å². The molecule has 3 aromatic rings. The van der Waals surface area contributed by atoms with E-state index in [0.717, 1.165) is 14.7 Å². The smallest absolute Gasteiger partial charge is 0.408 e. The third-order valence-corrected chi connectivity index (χ3v) is 27.1. The van der Waals surface area contributed by atoms with Crippen LogP contribution < -0.4 is 53.6 Å². The molecule has 0 radical (unpaired) electrons. The molecule has 19 atom stereocenters. The van der Waals surface area contributed by atoms with Crippen molar-refractivity contribution in [1.82, 2.24) is 87.1 Å². The van der Waals surface area contributed by atoms with E-state index in [-0.39, 0.29) is 108 Å². The van der Waals surface area contributed by atoms with Gasteiger partial charge in [0.2, 0.25) is 94.5 Å². The number of likely N-dealkylation sites (N-methyl/N-ethyl adjacent to an activating group) is 7. The highest BCUT2D eigenvalue weighted by atomic mass is 16.5. The summed E-state index contributed by atoms with van der Waals surface area (Å²) in [6.07, 6.45) is -3.31. The fourth-order valence-corrected chi connectivity index (χ4v) is 18.2. The Morgan fingerprint density at radius 1 is 0.472 bits per heavy atom. The fraction of sp³-hybridized carbons (Fsp3) is 0.667. The van der Waals surface area contributed by atoms with Crippen LogP contribution in [-0.4, -0.2) is 340 Å². The largest absolute Gasteiger partial charge is 0.445 e. The maximum absolute atomic E-state index is 15.5. The monoisotopic (exact) mass is 2020 g/mol. The lowest BCUT2D eigenvalue weighted by atomic mass is 9.93. The molecule has 0 spiro atoms. The SMILES string of the molecule is CCC1NC(=O)C(C(O)C(C)C)N(C)C(=O)C(C(C)C)N(C)C(=O)C(CC(C)C)N(C)C(=O)C(CC(C)C)N(C)C(=O)C(C)NC(=O)C(CCCCNC(=O)C(Cc2ccccc2)NC(=O)C(NC(=O)C2CCCN2CC(O)C(Cc2ccccc2)NC(=O)C(CC(N)=O)NC(=O)OCc2ccccc2)C(C)CC)NC(=O)C(CC(C)C)N(C)C(=O)C(C(C)C)NC(=O)C(CC(C)C)N(C)C(=O)C(CO)N(C)C1=O. The minimum Gasteiger partial charge on any atom is -0.445 e. The zero-order chi connectivity index (χ0) is 108. The molecule has 17 amide bonds. The molecule has 5 rings (SSSR count). The highest BCUT2D eigenvalue weighted by molar-refractivity contribution is 6.01. The van der Waals surface area contributed by atoms with Gasteiger partial charge >= 0.3 is 6.09 Å². The second-order valence-corrected chi connectivity index (χ2v) is 41.6. The van der Waals surface area contributed by atoms with E-state index >= 15 is 43.2 Å². The standard InChI is InChI=1S/C105H168N18O21/c1-26-67(17)86(115-93(131)77-47-39-49-123(77)57-83(125)74(54-69-40-31-28-32-41-69)111-92(130)76(56-84(106)126)113-105(143)144-59-71-44-35-30-36-45-71)96(134)112-75(55-70-42-33-29-34-43-70)90(128)107-48-38-37-46-73-91(129)108-68(18)98(136)118(21)80(52-62(7)8)100(138)119(22)81(53-63(9)10)101(139)121(24)87(65(13)14)104(142)122(25)88(89(127)66(15)16)97(135)109-72(27-2)99(137)120(23)82(58-124)102(140)116(19)79(51-61(5)6)95(133)114-85(64(11)12)103(141)117(20)78(50-60(3)4)94(132)110-73/h28-36,40-45,60-68,72-83,85-89,124-125,127H,26-27,37-39,46-59H2,1-25H3,(H2,106,126)(H,107,128)(H,108,129)(H,109,135)(H,110,132)(H,111,130)(H,112,134)(H,113,143)(H,114,133)(H,115,131). The fourth-order valence-electron chi connectivity index (χ4n) is 18.2. The van der Waals surface area contributed by atoms with E-state index < -0.39 is 246 Å². The van der Waals surface area contributed by atoms with Gasteiger partial charge in [-0.2, -0.15) is 0 Å². The molecule has 19 unspecified atom stereocenters. The summed E-state index contributed by atoms with van der Waals surface area (Å²) in [7, 11) is 9.39. The highest BCUT2D eigenvalue weighted by Gasteiger charge is 2.48. The van der Waals surface area contributed by atoms with E-state index in [1.807, 2.05) is 34.6 Å². The Hall–Kier alpha value is -11.7. The van der Waals surface area contributed by atoms with E-state index in [1.165, 1.54) is 75.9 Å². The molecule has 0 saturated carbocycles. The highest BCUT2D eigenvalue weighted by Crippen LogP contribution is 2.29. The number of alkyl carbamates (subject to hydrolysis) is 1. The van der Waals surface area contributed by atoms with Crippen LogP contribution in [0.5, 0.6) is 0 Å². The number of hydrogen-bond acceptors (Lipinski definition) is 22. The Balaban J connectivity index is 1.54. The number of nitrogens with zero attached hydrogens (tertiary/aromatic N) is 8. The summed E-state index contributed by atoms with van der Waals surface area (Å²) in [5.41, 5.74) is 7.62. The zero-order valence-corrected chi connectivity index (χ0v) is 89.5. The van der Waals surface area contributed by atoms with E-state index in [9.17, 15) is 53.7 Å². The Bertz CT molecular complexity index is 4720. The van der Waals surface area contributed by atoms with Gasteiger partial charge in [0.25, 0.3) is 0 Å². The van der Waals surface area contributed by atoms with Gasteiger partial charge in [-0.15, -0.1) is 0 Å². The molecule has 804 valence electrons. The molecule has 2 aliphatic heterocycles. The molecule has 0 aromatic heterocycles. The summed E-state index contributed by atoms with van der Waals surface area (Å²) in [4.78, 5) is 261. The zero-order valence-electron chi connectivity index (χ0n) is 89.5. The van der Waals surface area contributed by atoms with Crippen LogP contribution in [0.3, 0.4) is 0 Å². The molecule has 14 N–H and O–H groups in total. The van der Waals surface area contributed by atoms with E-state index in [0.29, 0.717) is 42.5 Å². The second kappa shape index (κ2) is 59.0. The van der Waals surface area contributed by atoms with Crippen molar-refractivity contribution < 1.29 is 102 Å². The number of likely N-dealkylation sites (tertiary alicyclic amines) is 1. The van der Waals surface area contributed by atoms with Crippen molar-refractivity contribution >= 4 is 101 Å². The number of nitrogens with one attached hydrogen (secondary N) is 9. The normalized spacial score (nSPS) is 23.2. The van der Waals surface area contributed by atoms with Crippen molar-refractivity contribution in [2.75, 3.05) is 75.6 Å². The van der Waals surface area contributed by atoms with Crippen LogP contribution >= 0.6 is 0 Å². The molecule has 144 heavy (non-hydrogen) atoms. The number of carbonyl (C=O) groups is 17. The number of carbonyl (C=O) groups excluding carboxylic acids is 17. The Kier molecular flexibility index (Phi) is 50.3. The maximum atomic E-state index is 15.5. The number of ether oxygens (including phenoxy) is 1. The van der Waals surface area contributed by atoms with Crippen LogP contribution in [0.15, 0.2) is 91.0 Å². The first-order chi connectivity index (χ1) is 67.6. The third-order valence-electron chi connectivity index (χ3n) is 27.1. The molecule has 2 heterocycles. The number of primary amides is 1. The van der Waals surface area contributed by atoms with Gasteiger partial charge in [0.1, 0.15) is 91.2 Å². The number of amides is 17. The number of benzene rings is 3. The van der Waals surface area contributed by atoms with Crippen LogP contribution in [0, 0.1) is 47.3 Å². The quantitative estimate of drug-likeness (QED) is 0.0359. The van der Waals surface area contributed by atoms with Crippen LogP contribution in [-0.2, 0) is 101 Å². The van der Waals surface area contributed by atoms with Crippen LogP contribution in [0.1, 0.15) is 218 Å². The average Bonchev–Trinajstić information content (AvgIpc) is 1.01. The molecular weight excluding hydrogens is 1850 g/mol. The number of nitrogens with two attached hydrogens (primary N) is 1. The van der Waals surface area contributed by atoms with Crippen molar-refractivity contribution in [2.45, 2.75) is 330 Å². The summed E-state index contributed by atoms with van der Waals surface area (Å²) >= 11 is 0. The van der Waals surface area contributed by atoms with E-state index in [2.05, 4.69) is 47.9 Å². The maximum Gasteiger partial charge on any atom is 0.408 e. The molecule has 3 aromatic carbocycles. The molecule has 0 aliphatic carbocycles. The average molecular weight is 2020 g/mol. The molecule has 2 aliphatic rings. The first-order valence-electron chi connectivity index (χ1n) is 51.0. The number of rotatable bonds is 40. The second-order valence-electron chi connectivity index (χ2n) is 41.6. The number of unbranched alkanes of at least 4 members (excludes halogenated alkanes) is 1. The van der Waals surface area contributed by atoms with Gasteiger partial charge in [-0.1, -0.05) is 215 Å². The number of β-amino-alcohol motifs (C(OH)–C–C–N with tert-alkyl or cyclic N) is 1. The van der Waals surface area contributed by atoms with Gasteiger partial charge in [-0.3, -0.25) is 81.6 Å². The molecule has 2 saturated heterocycles. The first-order valence-corrected chi connectivity index (χ1v) is 51.0. The molecule has 39 nitrogen and oxygen atoms in total. The lowest BCUT2D eigenvalue weighted by Crippen LogP contribution is -2.64. The third kappa shape index (κ3) is 36.2. The molecule has 0 bridgehead atoms. The van der Waals surface area contributed by atoms with Gasteiger partial charge in [-0.05, 0) is 148 Å². The van der Waals surface area contributed by atoms with Gasteiger partial charge in [-0.25, -0.2) is 4.79 Å². The van der Waals surface area contributed by atoms with Crippen molar-refractivity contribution in [1.29, 1.82) is 0 Å². The molecule has 39 heteroatoms. The Morgan fingerprint density at radius 3 is 1.44 bits per heavy atom. The van der Waals surface area contributed by atoms with Gasteiger partial charge in [0.15, 0.2) is 0 Å². The number of aliphatic hydroxyl groups excluding tert-OH is 3. The summed E-state index contributed by atoms with van der Waals surface area (Å²) in [6.45, 7) is 30.0. The predicted octanol–water partition coefficient (Wildman–Crippen LogP) is 3.93. The van der Waals surface area contributed by atoms with Crippen molar-refractivity contribution in [3.05, 3.63) is 108 Å². The summed E-state index contributed by atoms with van der Waals surface area (Å²) in [6, 6.07) is 4.85. The minimum atomic E-state index is -1.71. The van der Waals surface area contributed by atoms with Crippen molar-refractivity contribution in [3.63, 3.8) is 0 Å². The van der Waals surface area contributed by atoms with Crippen molar-refractivity contribution in [2.24, 2.45) is 53.1 Å². The summed E-state index contributed by atoms with van der Waals surface area (Å²) in [5.74, 6) is -16.3.